The average Bonchev–Trinajstić information content (AvgIpc) is 2.75. The molecule has 1 aromatic carbocycles. The summed E-state index contributed by atoms with van der Waals surface area (Å²) < 4.78 is 5.36. The smallest absolute Gasteiger partial charge is 0.415 e. The highest BCUT2D eigenvalue weighted by atomic mass is 16.6. The SMILES string of the molecule is O=C(OCc1ccccc1)N1CCNCc2ccc(=O)[nH]c21. The van der Waals surface area contributed by atoms with Gasteiger partial charge < -0.3 is 15.0 Å². The van der Waals surface area contributed by atoms with Gasteiger partial charge in [0.05, 0.1) is 0 Å². The molecule has 3 rings (SSSR count). The van der Waals surface area contributed by atoms with Crippen molar-refractivity contribution in [2.24, 2.45) is 0 Å². The second kappa shape index (κ2) is 6.44. The van der Waals surface area contributed by atoms with E-state index in [0.717, 1.165) is 11.1 Å². The molecule has 1 amide bonds. The molecule has 0 atom stereocenters. The van der Waals surface area contributed by atoms with Crippen LogP contribution in [0.5, 0.6) is 0 Å². The van der Waals surface area contributed by atoms with Gasteiger partial charge >= 0.3 is 6.09 Å². The number of H-pyrrole nitrogens is 1. The van der Waals surface area contributed by atoms with Crippen LogP contribution in [0.3, 0.4) is 0 Å². The first-order valence-corrected chi connectivity index (χ1v) is 7.15. The summed E-state index contributed by atoms with van der Waals surface area (Å²) in [5.74, 6) is 0.510. The molecule has 0 fully saturated rings. The minimum Gasteiger partial charge on any atom is -0.444 e. The summed E-state index contributed by atoms with van der Waals surface area (Å²) in [6.45, 7) is 1.89. The zero-order chi connectivity index (χ0) is 15.4. The normalized spacial score (nSPS) is 14.1. The predicted octanol–water partition coefficient (Wildman–Crippen LogP) is 1.62. The van der Waals surface area contributed by atoms with Gasteiger partial charge in [-0.2, -0.15) is 0 Å². The minimum absolute atomic E-state index is 0.204. The summed E-state index contributed by atoms with van der Waals surface area (Å²) in [5.41, 5.74) is 1.56. The number of carbonyl (C=O) groups excluding carboxylic acids is 1. The van der Waals surface area contributed by atoms with Gasteiger partial charge in [-0.05, 0) is 11.6 Å². The first kappa shape index (κ1) is 14.3. The third-order valence-electron chi connectivity index (χ3n) is 3.50. The van der Waals surface area contributed by atoms with E-state index in [9.17, 15) is 9.59 Å². The summed E-state index contributed by atoms with van der Waals surface area (Å²) in [7, 11) is 0. The first-order valence-electron chi connectivity index (χ1n) is 7.15. The van der Waals surface area contributed by atoms with E-state index in [-0.39, 0.29) is 12.2 Å². The lowest BCUT2D eigenvalue weighted by Gasteiger charge is -2.21. The fourth-order valence-corrected chi connectivity index (χ4v) is 2.38. The largest absolute Gasteiger partial charge is 0.444 e. The topological polar surface area (TPSA) is 74.4 Å². The van der Waals surface area contributed by atoms with E-state index in [0.29, 0.717) is 25.5 Å². The minimum atomic E-state index is -0.462. The quantitative estimate of drug-likeness (QED) is 0.883. The Morgan fingerprint density at radius 1 is 1.18 bits per heavy atom. The number of ether oxygens (including phenoxy) is 1. The maximum atomic E-state index is 12.4. The zero-order valence-corrected chi connectivity index (χ0v) is 12.0. The van der Waals surface area contributed by atoms with Gasteiger partial charge in [-0.15, -0.1) is 0 Å². The number of fused-ring (bicyclic) bond motifs is 1. The number of nitrogens with one attached hydrogen (secondary N) is 2. The molecule has 6 nitrogen and oxygen atoms in total. The number of aromatic amines is 1. The molecular weight excluding hydrogens is 282 g/mol. The highest BCUT2D eigenvalue weighted by Gasteiger charge is 2.23. The Kier molecular flexibility index (Phi) is 4.20. The van der Waals surface area contributed by atoms with Gasteiger partial charge in [0.1, 0.15) is 12.4 Å². The average molecular weight is 299 g/mol. The van der Waals surface area contributed by atoms with Gasteiger partial charge in [0, 0.05) is 31.3 Å². The van der Waals surface area contributed by atoms with Crippen molar-refractivity contribution in [1.82, 2.24) is 10.3 Å². The molecular formula is C16H17N3O3. The summed E-state index contributed by atoms with van der Waals surface area (Å²) in [5, 5.41) is 3.21. The van der Waals surface area contributed by atoms with E-state index in [2.05, 4.69) is 10.3 Å². The van der Waals surface area contributed by atoms with Crippen LogP contribution in [-0.4, -0.2) is 24.2 Å². The van der Waals surface area contributed by atoms with Crippen LogP contribution in [0.1, 0.15) is 11.1 Å². The van der Waals surface area contributed by atoms with Crippen LogP contribution >= 0.6 is 0 Å². The van der Waals surface area contributed by atoms with Crippen LogP contribution in [0.4, 0.5) is 10.6 Å². The Balaban J connectivity index is 1.77. The fourth-order valence-electron chi connectivity index (χ4n) is 2.38. The molecule has 1 aromatic heterocycles. The van der Waals surface area contributed by atoms with Crippen molar-refractivity contribution in [3.63, 3.8) is 0 Å². The zero-order valence-electron chi connectivity index (χ0n) is 12.0. The lowest BCUT2D eigenvalue weighted by atomic mass is 10.2. The molecule has 114 valence electrons. The summed E-state index contributed by atoms with van der Waals surface area (Å²) in [6, 6.07) is 12.7. The van der Waals surface area contributed by atoms with Crippen molar-refractivity contribution < 1.29 is 9.53 Å². The van der Waals surface area contributed by atoms with Gasteiger partial charge in [0.15, 0.2) is 0 Å². The molecule has 2 N–H and O–H groups in total. The molecule has 0 spiro atoms. The Bertz CT molecular complexity index is 712. The number of hydrogen-bond acceptors (Lipinski definition) is 4. The number of hydrogen-bond donors (Lipinski definition) is 2. The predicted molar refractivity (Wildman–Crippen MR) is 82.7 cm³/mol. The van der Waals surface area contributed by atoms with Gasteiger partial charge in [-0.1, -0.05) is 30.3 Å². The van der Waals surface area contributed by atoms with Gasteiger partial charge in [-0.25, -0.2) is 4.79 Å². The van der Waals surface area contributed by atoms with Crippen LogP contribution in [0.2, 0.25) is 0 Å². The molecule has 0 saturated carbocycles. The van der Waals surface area contributed by atoms with Crippen molar-refractivity contribution in [2.45, 2.75) is 13.2 Å². The van der Waals surface area contributed by atoms with E-state index in [1.165, 1.54) is 11.0 Å². The lowest BCUT2D eigenvalue weighted by Crippen LogP contribution is -2.36. The van der Waals surface area contributed by atoms with E-state index >= 15 is 0 Å². The van der Waals surface area contributed by atoms with Crippen LogP contribution in [0.15, 0.2) is 47.3 Å². The highest BCUT2D eigenvalue weighted by molar-refractivity contribution is 5.87. The molecule has 1 aliphatic rings. The Morgan fingerprint density at radius 2 is 2.00 bits per heavy atom. The number of nitrogens with zero attached hydrogens (tertiary/aromatic N) is 1. The van der Waals surface area contributed by atoms with Gasteiger partial charge in [-0.3, -0.25) is 9.69 Å². The molecule has 0 bridgehead atoms. The van der Waals surface area contributed by atoms with Crippen LogP contribution < -0.4 is 15.8 Å². The number of amides is 1. The highest BCUT2D eigenvalue weighted by Crippen LogP contribution is 2.19. The Labute approximate surface area is 127 Å². The lowest BCUT2D eigenvalue weighted by molar-refractivity contribution is 0.147. The van der Waals surface area contributed by atoms with E-state index in [1.54, 1.807) is 6.07 Å². The molecule has 0 saturated heterocycles. The third-order valence-corrected chi connectivity index (χ3v) is 3.50. The van der Waals surface area contributed by atoms with Gasteiger partial charge in [0.25, 0.3) is 0 Å². The Morgan fingerprint density at radius 3 is 2.82 bits per heavy atom. The fraction of sp³-hybridized carbons (Fsp3) is 0.250. The van der Waals surface area contributed by atoms with Crippen molar-refractivity contribution in [3.05, 3.63) is 63.9 Å². The van der Waals surface area contributed by atoms with Crippen LogP contribution in [-0.2, 0) is 17.9 Å². The molecule has 0 aliphatic carbocycles. The van der Waals surface area contributed by atoms with Crippen molar-refractivity contribution in [1.29, 1.82) is 0 Å². The number of anilines is 1. The van der Waals surface area contributed by atoms with E-state index in [1.807, 2.05) is 30.3 Å². The van der Waals surface area contributed by atoms with E-state index < -0.39 is 6.09 Å². The van der Waals surface area contributed by atoms with Crippen LogP contribution in [0, 0.1) is 0 Å². The van der Waals surface area contributed by atoms with Crippen LogP contribution in [0.25, 0.3) is 0 Å². The second-order valence-electron chi connectivity index (χ2n) is 5.07. The molecule has 0 radical (unpaired) electrons. The van der Waals surface area contributed by atoms with Crippen molar-refractivity contribution in [3.8, 4) is 0 Å². The van der Waals surface area contributed by atoms with Crippen molar-refractivity contribution >= 4 is 11.9 Å². The monoisotopic (exact) mass is 299 g/mol. The number of carbonyl (C=O) groups is 1. The summed E-state index contributed by atoms with van der Waals surface area (Å²) in [4.78, 5) is 28.1. The first-order chi connectivity index (χ1) is 10.7. The Hall–Kier alpha value is -2.60. The number of aromatic nitrogens is 1. The maximum absolute atomic E-state index is 12.4. The summed E-state index contributed by atoms with van der Waals surface area (Å²) >= 11 is 0. The third kappa shape index (κ3) is 3.17. The maximum Gasteiger partial charge on any atom is 0.415 e. The molecule has 2 heterocycles. The van der Waals surface area contributed by atoms with E-state index in [4.69, 9.17) is 4.74 Å². The summed E-state index contributed by atoms with van der Waals surface area (Å²) in [6.07, 6.45) is -0.462. The van der Waals surface area contributed by atoms with Crippen molar-refractivity contribution in [2.75, 3.05) is 18.0 Å². The molecule has 22 heavy (non-hydrogen) atoms. The number of pyridine rings is 1. The molecule has 2 aromatic rings. The second-order valence-corrected chi connectivity index (χ2v) is 5.07. The number of rotatable bonds is 2. The van der Waals surface area contributed by atoms with Gasteiger partial charge in [0.2, 0.25) is 5.56 Å². The molecule has 1 aliphatic heterocycles. The molecule has 6 heteroatoms. The number of benzene rings is 1. The standard InChI is InChI=1S/C16H17N3O3/c20-14-7-6-13-10-17-8-9-19(15(13)18-14)16(21)22-11-12-4-2-1-3-5-12/h1-7,17H,8-11H2,(H,18,20). The molecule has 0 unspecified atom stereocenters.